The summed E-state index contributed by atoms with van der Waals surface area (Å²) >= 11 is 0. The van der Waals surface area contributed by atoms with Gasteiger partial charge in [-0.2, -0.15) is 0 Å². The number of Topliss-reactive ketones (excluding diaryl/α,β-unsaturated/α-hetero) is 1. The van der Waals surface area contributed by atoms with Gasteiger partial charge in [0.25, 0.3) is 0 Å². The van der Waals surface area contributed by atoms with Crippen LogP contribution >= 0.6 is 0 Å². The van der Waals surface area contributed by atoms with Crippen LogP contribution in [0, 0.1) is 0 Å². The molecule has 2 N–H and O–H groups in total. The number of ether oxygens (including phenoxy) is 1. The van der Waals surface area contributed by atoms with Crippen molar-refractivity contribution in [3.05, 3.63) is 71.2 Å². The smallest absolute Gasteiger partial charge is 0.196 e. The van der Waals surface area contributed by atoms with Crippen molar-refractivity contribution in [2.45, 2.75) is 6.92 Å². The van der Waals surface area contributed by atoms with Crippen molar-refractivity contribution in [3.8, 4) is 0 Å². The number of hydrogen-bond acceptors (Lipinski definition) is 5. The molecule has 0 amide bonds. The van der Waals surface area contributed by atoms with Gasteiger partial charge in [0.15, 0.2) is 5.78 Å². The summed E-state index contributed by atoms with van der Waals surface area (Å²) < 4.78 is 5.32. The van der Waals surface area contributed by atoms with Crippen molar-refractivity contribution < 1.29 is 19.7 Å². The SMILES string of the molecule is C\C(CN1CCOCC1)=C(O)/C(=C\C=C\O)C(=O)c1ccccc1. The van der Waals surface area contributed by atoms with Gasteiger partial charge in [0.05, 0.1) is 25.0 Å². The van der Waals surface area contributed by atoms with Gasteiger partial charge in [-0.15, -0.1) is 0 Å². The molecule has 5 nitrogen and oxygen atoms in total. The first-order chi connectivity index (χ1) is 11.6. The van der Waals surface area contributed by atoms with Crippen molar-refractivity contribution in [2.24, 2.45) is 0 Å². The van der Waals surface area contributed by atoms with Gasteiger partial charge in [0.2, 0.25) is 0 Å². The number of carbonyl (C=O) groups is 1. The summed E-state index contributed by atoms with van der Waals surface area (Å²) in [5, 5.41) is 19.5. The minimum Gasteiger partial charge on any atom is -0.516 e. The highest BCUT2D eigenvalue weighted by molar-refractivity contribution is 6.11. The van der Waals surface area contributed by atoms with E-state index >= 15 is 0 Å². The van der Waals surface area contributed by atoms with Crippen LogP contribution in [0.4, 0.5) is 0 Å². The number of morpholine rings is 1. The molecule has 1 aliphatic heterocycles. The second kappa shape index (κ2) is 9.05. The molecule has 0 unspecified atom stereocenters. The molecule has 0 aromatic heterocycles. The van der Waals surface area contributed by atoms with Gasteiger partial charge >= 0.3 is 0 Å². The maximum absolute atomic E-state index is 12.7. The van der Waals surface area contributed by atoms with Crippen LogP contribution in [0.3, 0.4) is 0 Å². The quantitative estimate of drug-likeness (QED) is 0.363. The normalized spacial score (nSPS) is 17.8. The predicted molar refractivity (Wildman–Crippen MR) is 93.2 cm³/mol. The number of benzene rings is 1. The number of rotatable bonds is 6. The average Bonchev–Trinajstić information content (AvgIpc) is 2.63. The maximum atomic E-state index is 12.7. The number of aliphatic hydroxyl groups is 2. The summed E-state index contributed by atoms with van der Waals surface area (Å²) in [4.78, 5) is 14.8. The highest BCUT2D eigenvalue weighted by Gasteiger charge is 2.19. The first kappa shape index (κ1) is 18.0. The first-order valence-electron chi connectivity index (χ1n) is 7.93. The molecule has 2 rings (SSSR count). The molecule has 5 heteroatoms. The average molecular weight is 329 g/mol. The lowest BCUT2D eigenvalue weighted by molar-refractivity contribution is 0.0419. The van der Waals surface area contributed by atoms with Gasteiger partial charge in [-0.05, 0) is 24.6 Å². The Morgan fingerprint density at radius 3 is 2.54 bits per heavy atom. The van der Waals surface area contributed by atoms with Gasteiger partial charge in [-0.3, -0.25) is 9.69 Å². The number of hydrogen-bond donors (Lipinski definition) is 2. The second-order valence-electron chi connectivity index (χ2n) is 5.63. The van der Waals surface area contributed by atoms with Crippen molar-refractivity contribution in [3.63, 3.8) is 0 Å². The summed E-state index contributed by atoms with van der Waals surface area (Å²) in [6, 6.07) is 8.77. The topological polar surface area (TPSA) is 70.0 Å². The van der Waals surface area contributed by atoms with Crippen LogP contribution in [0.15, 0.2) is 65.7 Å². The molecule has 0 radical (unpaired) electrons. The van der Waals surface area contributed by atoms with E-state index in [9.17, 15) is 9.90 Å². The molecule has 128 valence electrons. The molecule has 0 saturated carbocycles. The number of carbonyl (C=O) groups excluding carboxylic acids is 1. The monoisotopic (exact) mass is 329 g/mol. The molecule has 24 heavy (non-hydrogen) atoms. The first-order valence-corrected chi connectivity index (χ1v) is 7.93. The van der Waals surface area contributed by atoms with Crippen LogP contribution in [0.25, 0.3) is 0 Å². The molecule has 0 bridgehead atoms. The van der Waals surface area contributed by atoms with E-state index in [1.54, 1.807) is 31.2 Å². The predicted octanol–water partition coefficient (Wildman–Crippen LogP) is 3.03. The zero-order valence-electron chi connectivity index (χ0n) is 13.8. The molecule has 1 aromatic carbocycles. The third-order valence-corrected chi connectivity index (χ3v) is 3.85. The Morgan fingerprint density at radius 1 is 1.25 bits per heavy atom. The molecule has 0 spiro atoms. The highest BCUT2D eigenvalue weighted by Crippen LogP contribution is 2.19. The third-order valence-electron chi connectivity index (χ3n) is 3.85. The second-order valence-corrected chi connectivity index (χ2v) is 5.63. The van der Waals surface area contributed by atoms with E-state index in [0.29, 0.717) is 30.9 Å². The summed E-state index contributed by atoms with van der Waals surface area (Å²) in [5.41, 5.74) is 1.36. The van der Waals surface area contributed by atoms with E-state index in [4.69, 9.17) is 9.84 Å². The highest BCUT2D eigenvalue weighted by atomic mass is 16.5. The maximum Gasteiger partial charge on any atom is 0.196 e. The zero-order valence-corrected chi connectivity index (χ0v) is 13.8. The standard InChI is InChI=1S/C19H23NO4/c1-15(14-20-9-12-24-13-10-20)18(22)17(8-5-11-21)19(23)16-6-3-2-4-7-16/h2-8,11,21-22H,9-10,12-14H2,1H3/b11-5+,17-8+,18-15-. The lowest BCUT2D eigenvalue weighted by Gasteiger charge is -2.27. The Kier molecular flexibility index (Phi) is 6.78. The van der Waals surface area contributed by atoms with E-state index < -0.39 is 0 Å². The number of allylic oxidation sites excluding steroid dienone is 3. The van der Waals surface area contributed by atoms with Gasteiger partial charge < -0.3 is 14.9 Å². The van der Waals surface area contributed by atoms with Crippen LogP contribution < -0.4 is 0 Å². The van der Waals surface area contributed by atoms with Crippen molar-refractivity contribution >= 4 is 5.78 Å². The van der Waals surface area contributed by atoms with E-state index in [0.717, 1.165) is 19.4 Å². The van der Waals surface area contributed by atoms with Crippen LogP contribution in [0.1, 0.15) is 17.3 Å². The molecule has 1 saturated heterocycles. The van der Waals surface area contributed by atoms with Crippen LogP contribution in [0.5, 0.6) is 0 Å². The minimum atomic E-state index is -0.285. The number of aliphatic hydroxyl groups excluding tert-OH is 2. The van der Waals surface area contributed by atoms with Crippen molar-refractivity contribution in [1.29, 1.82) is 0 Å². The Morgan fingerprint density at radius 2 is 1.92 bits per heavy atom. The lowest BCUT2D eigenvalue weighted by Crippen LogP contribution is -2.37. The minimum absolute atomic E-state index is 0.0477. The lowest BCUT2D eigenvalue weighted by atomic mass is 9.99. The van der Waals surface area contributed by atoms with E-state index in [-0.39, 0.29) is 17.1 Å². The molecule has 1 aliphatic rings. The Bertz CT molecular complexity index is 641. The van der Waals surface area contributed by atoms with E-state index in [1.807, 2.05) is 6.07 Å². The molecular formula is C19H23NO4. The Labute approximate surface area is 142 Å². The Hall–Kier alpha value is -2.37. The molecule has 1 fully saturated rings. The molecule has 1 aromatic rings. The zero-order chi connectivity index (χ0) is 17.4. The fourth-order valence-electron chi connectivity index (χ4n) is 2.55. The van der Waals surface area contributed by atoms with Gasteiger partial charge in [-0.25, -0.2) is 0 Å². The van der Waals surface area contributed by atoms with Crippen LogP contribution in [-0.4, -0.2) is 53.7 Å². The summed E-state index contributed by atoms with van der Waals surface area (Å²) in [5.74, 6) is -0.332. The van der Waals surface area contributed by atoms with Gasteiger partial charge in [-0.1, -0.05) is 30.3 Å². The largest absolute Gasteiger partial charge is 0.516 e. The summed E-state index contributed by atoms with van der Waals surface area (Å²) in [7, 11) is 0. The van der Waals surface area contributed by atoms with Crippen LogP contribution in [0.2, 0.25) is 0 Å². The van der Waals surface area contributed by atoms with Crippen LogP contribution in [-0.2, 0) is 4.74 Å². The number of ketones is 1. The molecule has 0 atom stereocenters. The fraction of sp³-hybridized carbons (Fsp3) is 0.316. The Balaban J connectivity index is 2.25. The van der Waals surface area contributed by atoms with Crippen molar-refractivity contribution in [2.75, 3.05) is 32.8 Å². The fourth-order valence-corrected chi connectivity index (χ4v) is 2.55. The van der Waals surface area contributed by atoms with Gasteiger partial charge in [0.1, 0.15) is 5.76 Å². The van der Waals surface area contributed by atoms with E-state index in [2.05, 4.69) is 4.90 Å². The van der Waals surface area contributed by atoms with Gasteiger partial charge in [0, 0.05) is 25.2 Å². The van der Waals surface area contributed by atoms with Crippen molar-refractivity contribution in [1.82, 2.24) is 4.90 Å². The third kappa shape index (κ3) is 4.81. The molecular weight excluding hydrogens is 306 g/mol. The molecule has 0 aliphatic carbocycles. The number of nitrogens with zero attached hydrogens (tertiary/aromatic N) is 1. The summed E-state index contributed by atoms with van der Waals surface area (Å²) in [6.45, 7) is 5.32. The molecule has 1 heterocycles. The summed E-state index contributed by atoms with van der Waals surface area (Å²) in [6.07, 6.45) is 3.59. The van der Waals surface area contributed by atoms with E-state index in [1.165, 1.54) is 12.2 Å².